The van der Waals surface area contributed by atoms with Crippen LogP contribution in [0.4, 0.5) is 0 Å². The lowest BCUT2D eigenvalue weighted by Gasteiger charge is -2.26. The van der Waals surface area contributed by atoms with Crippen molar-refractivity contribution in [2.45, 2.75) is 32.1 Å². The van der Waals surface area contributed by atoms with E-state index in [2.05, 4.69) is 10.6 Å². The minimum atomic E-state index is 0.968. The van der Waals surface area contributed by atoms with Crippen LogP contribution in [0.5, 0.6) is 0 Å². The SMILES string of the molecule is C(CNCCC1CNC1)CC1CC1. The number of rotatable bonds is 7. The molecule has 76 valence electrons. The van der Waals surface area contributed by atoms with E-state index in [1.807, 2.05) is 0 Å². The molecule has 1 saturated heterocycles. The van der Waals surface area contributed by atoms with Gasteiger partial charge in [-0.1, -0.05) is 12.8 Å². The minimum absolute atomic E-state index is 0.968. The zero-order valence-electron chi connectivity index (χ0n) is 8.52. The maximum absolute atomic E-state index is 3.54. The summed E-state index contributed by atoms with van der Waals surface area (Å²) in [5.41, 5.74) is 0. The third-order valence-corrected chi connectivity index (χ3v) is 3.26. The monoisotopic (exact) mass is 182 g/mol. The molecule has 1 heterocycles. The molecule has 13 heavy (non-hydrogen) atoms. The van der Waals surface area contributed by atoms with Gasteiger partial charge in [0, 0.05) is 0 Å². The first kappa shape index (κ1) is 9.47. The lowest BCUT2D eigenvalue weighted by atomic mass is 10.00. The van der Waals surface area contributed by atoms with Gasteiger partial charge in [0.05, 0.1) is 0 Å². The summed E-state index contributed by atoms with van der Waals surface area (Å²) in [5, 5.41) is 6.85. The van der Waals surface area contributed by atoms with Crippen LogP contribution in [0.1, 0.15) is 32.1 Å². The van der Waals surface area contributed by atoms with E-state index < -0.39 is 0 Å². The molecule has 2 aliphatic rings. The lowest BCUT2D eigenvalue weighted by molar-refractivity contribution is 0.322. The van der Waals surface area contributed by atoms with Gasteiger partial charge in [-0.15, -0.1) is 0 Å². The second kappa shape index (κ2) is 4.97. The van der Waals surface area contributed by atoms with Crippen LogP contribution in [0.25, 0.3) is 0 Å². The maximum atomic E-state index is 3.54. The Hall–Kier alpha value is -0.0800. The number of hydrogen-bond donors (Lipinski definition) is 2. The van der Waals surface area contributed by atoms with Crippen molar-refractivity contribution in [3.05, 3.63) is 0 Å². The largest absolute Gasteiger partial charge is 0.317 e. The molecule has 1 saturated carbocycles. The molecule has 1 aliphatic carbocycles. The van der Waals surface area contributed by atoms with Crippen molar-refractivity contribution in [2.24, 2.45) is 11.8 Å². The Bertz CT molecular complexity index is 139. The summed E-state index contributed by atoms with van der Waals surface area (Å²) in [6.07, 6.45) is 7.25. The molecular formula is C11H22N2. The Morgan fingerprint density at radius 2 is 1.85 bits per heavy atom. The van der Waals surface area contributed by atoms with Gasteiger partial charge in [-0.05, 0) is 57.3 Å². The average Bonchev–Trinajstić information content (AvgIpc) is 2.83. The minimum Gasteiger partial charge on any atom is -0.317 e. The first-order chi connectivity index (χ1) is 6.45. The summed E-state index contributed by atoms with van der Waals surface area (Å²) in [4.78, 5) is 0. The fraction of sp³-hybridized carbons (Fsp3) is 1.00. The molecule has 0 amide bonds. The molecule has 0 aromatic carbocycles. The molecule has 0 bridgehead atoms. The van der Waals surface area contributed by atoms with Crippen LogP contribution in [0.15, 0.2) is 0 Å². The summed E-state index contributed by atoms with van der Waals surface area (Å²) in [6, 6.07) is 0. The Kier molecular flexibility index (Phi) is 3.62. The van der Waals surface area contributed by atoms with E-state index in [4.69, 9.17) is 0 Å². The first-order valence-corrected chi connectivity index (χ1v) is 5.86. The van der Waals surface area contributed by atoms with Gasteiger partial charge < -0.3 is 10.6 Å². The fourth-order valence-electron chi connectivity index (χ4n) is 1.91. The summed E-state index contributed by atoms with van der Waals surface area (Å²) in [7, 11) is 0. The molecule has 1 aliphatic heterocycles. The highest BCUT2D eigenvalue weighted by atomic mass is 15.0. The van der Waals surface area contributed by atoms with E-state index in [-0.39, 0.29) is 0 Å². The normalized spacial score (nSPS) is 23.1. The molecule has 0 atom stereocenters. The van der Waals surface area contributed by atoms with Gasteiger partial charge in [0.2, 0.25) is 0 Å². The van der Waals surface area contributed by atoms with Crippen molar-refractivity contribution in [1.82, 2.24) is 10.6 Å². The summed E-state index contributed by atoms with van der Waals surface area (Å²) < 4.78 is 0. The summed E-state index contributed by atoms with van der Waals surface area (Å²) in [5.74, 6) is 2.08. The molecule has 0 spiro atoms. The van der Waals surface area contributed by atoms with Crippen molar-refractivity contribution in [1.29, 1.82) is 0 Å². The molecular weight excluding hydrogens is 160 g/mol. The standard InChI is InChI=1S/C11H22N2/c1(2-10-3-4-10)6-12-7-5-11-8-13-9-11/h10-13H,1-9H2. The van der Waals surface area contributed by atoms with Crippen LogP contribution in [0, 0.1) is 11.8 Å². The predicted octanol–water partition coefficient (Wildman–Crippen LogP) is 1.38. The molecule has 2 rings (SSSR count). The van der Waals surface area contributed by atoms with Crippen LogP contribution in [0.3, 0.4) is 0 Å². The Morgan fingerprint density at radius 1 is 1.00 bits per heavy atom. The highest BCUT2D eigenvalue weighted by molar-refractivity contribution is 4.75. The molecule has 2 fully saturated rings. The third kappa shape index (κ3) is 3.65. The van der Waals surface area contributed by atoms with Gasteiger partial charge >= 0.3 is 0 Å². The van der Waals surface area contributed by atoms with Crippen LogP contribution in [-0.2, 0) is 0 Å². The smallest absolute Gasteiger partial charge is 0.000778 e. The highest BCUT2D eigenvalue weighted by Gasteiger charge is 2.20. The second-order valence-electron chi connectivity index (χ2n) is 4.65. The highest BCUT2D eigenvalue weighted by Crippen LogP contribution is 2.33. The Balaban J connectivity index is 1.32. The van der Waals surface area contributed by atoms with E-state index in [9.17, 15) is 0 Å². The van der Waals surface area contributed by atoms with Crippen LogP contribution in [-0.4, -0.2) is 26.2 Å². The van der Waals surface area contributed by atoms with E-state index in [1.165, 1.54) is 58.3 Å². The number of nitrogens with one attached hydrogen (secondary N) is 2. The van der Waals surface area contributed by atoms with Crippen molar-refractivity contribution < 1.29 is 0 Å². The van der Waals surface area contributed by atoms with Gasteiger partial charge in [0.1, 0.15) is 0 Å². The molecule has 2 N–H and O–H groups in total. The Labute approximate surface area is 81.5 Å². The van der Waals surface area contributed by atoms with E-state index >= 15 is 0 Å². The predicted molar refractivity (Wildman–Crippen MR) is 55.8 cm³/mol. The first-order valence-electron chi connectivity index (χ1n) is 5.86. The molecule has 0 radical (unpaired) electrons. The molecule has 2 nitrogen and oxygen atoms in total. The van der Waals surface area contributed by atoms with E-state index in [0.717, 1.165) is 11.8 Å². The lowest BCUT2D eigenvalue weighted by Crippen LogP contribution is -2.43. The Morgan fingerprint density at radius 3 is 2.46 bits per heavy atom. The second-order valence-corrected chi connectivity index (χ2v) is 4.65. The van der Waals surface area contributed by atoms with Gasteiger partial charge in [-0.3, -0.25) is 0 Å². The zero-order valence-corrected chi connectivity index (χ0v) is 8.52. The van der Waals surface area contributed by atoms with Gasteiger partial charge in [-0.2, -0.15) is 0 Å². The quantitative estimate of drug-likeness (QED) is 0.581. The number of hydrogen-bond acceptors (Lipinski definition) is 2. The van der Waals surface area contributed by atoms with Crippen LogP contribution < -0.4 is 10.6 Å². The van der Waals surface area contributed by atoms with Gasteiger partial charge in [0.25, 0.3) is 0 Å². The van der Waals surface area contributed by atoms with Crippen molar-refractivity contribution in [3.8, 4) is 0 Å². The van der Waals surface area contributed by atoms with Crippen LogP contribution in [0.2, 0.25) is 0 Å². The topological polar surface area (TPSA) is 24.1 Å². The summed E-state index contributed by atoms with van der Waals surface area (Å²) >= 11 is 0. The molecule has 0 aromatic heterocycles. The third-order valence-electron chi connectivity index (χ3n) is 3.26. The average molecular weight is 182 g/mol. The van der Waals surface area contributed by atoms with Crippen LogP contribution >= 0.6 is 0 Å². The van der Waals surface area contributed by atoms with Crippen molar-refractivity contribution >= 4 is 0 Å². The van der Waals surface area contributed by atoms with Gasteiger partial charge in [-0.25, -0.2) is 0 Å². The van der Waals surface area contributed by atoms with E-state index in [1.54, 1.807) is 0 Å². The molecule has 0 unspecified atom stereocenters. The molecule has 0 aromatic rings. The summed E-state index contributed by atoms with van der Waals surface area (Å²) in [6.45, 7) is 4.99. The van der Waals surface area contributed by atoms with E-state index in [0.29, 0.717) is 0 Å². The van der Waals surface area contributed by atoms with Gasteiger partial charge in [0.15, 0.2) is 0 Å². The van der Waals surface area contributed by atoms with Crippen molar-refractivity contribution in [3.63, 3.8) is 0 Å². The zero-order chi connectivity index (χ0) is 8.93. The fourth-order valence-corrected chi connectivity index (χ4v) is 1.91. The molecule has 2 heteroatoms. The maximum Gasteiger partial charge on any atom is -0.000778 e. The van der Waals surface area contributed by atoms with Crippen molar-refractivity contribution in [2.75, 3.05) is 26.2 Å².